The van der Waals surface area contributed by atoms with E-state index in [1.165, 1.54) is 18.7 Å². The fraction of sp³-hybridized carbons (Fsp3) is 0.444. The Morgan fingerprint density at radius 3 is 2.31 bits per heavy atom. The number of carbonyl (C=O) groups is 2. The molecule has 140 valence electrons. The zero-order valence-corrected chi connectivity index (χ0v) is 17.9. The van der Waals surface area contributed by atoms with E-state index in [1.807, 2.05) is 33.8 Å². The third kappa shape index (κ3) is 4.79. The van der Waals surface area contributed by atoms with E-state index in [2.05, 4.69) is 15.9 Å². The summed E-state index contributed by atoms with van der Waals surface area (Å²) in [6.45, 7) is 9.36. The van der Waals surface area contributed by atoms with Crippen molar-refractivity contribution in [2.24, 2.45) is 0 Å². The van der Waals surface area contributed by atoms with Crippen LogP contribution in [0.1, 0.15) is 50.5 Å². The number of aromatic carboxylic acids is 1. The highest BCUT2D eigenvalue weighted by atomic mass is 79.9. The number of benzene rings is 1. The van der Waals surface area contributed by atoms with Crippen LogP contribution in [0.25, 0.3) is 6.08 Å². The molecule has 26 heavy (non-hydrogen) atoms. The van der Waals surface area contributed by atoms with Gasteiger partial charge in [-0.2, -0.15) is 0 Å². The first kappa shape index (κ1) is 21.2. The van der Waals surface area contributed by atoms with Crippen molar-refractivity contribution in [3.63, 3.8) is 0 Å². The minimum atomic E-state index is -1.01. The summed E-state index contributed by atoms with van der Waals surface area (Å²) in [6, 6.07) is 5.07. The third-order valence-corrected chi connectivity index (χ3v) is 6.15. The number of carboxylic acids is 1. The van der Waals surface area contributed by atoms with Crippen LogP contribution in [0.5, 0.6) is 0 Å². The molecule has 0 amide bonds. The lowest BCUT2D eigenvalue weighted by molar-refractivity contribution is -0.109. The highest BCUT2D eigenvalue weighted by Crippen LogP contribution is 2.39. The van der Waals surface area contributed by atoms with E-state index in [0.717, 1.165) is 5.47 Å². The summed E-state index contributed by atoms with van der Waals surface area (Å²) in [5.74, 6) is -0.604. The van der Waals surface area contributed by atoms with Crippen LogP contribution in [0.2, 0.25) is 0 Å². The van der Waals surface area contributed by atoms with Gasteiger partial charge >= 0.3 is 13.1 Å². The smallest absolute Gasteiger partial charge is 0.478 e. The molecule has 0 saturated carbocycles. The predicted molar refractivity (Wildman–Crippen MR) is 108 cm³/mol. The molecular formula is C18H22BBrO5S. The molecule has 8 heteroatoms. The average molecular weight is 441 g/mol. The lowest BCUT2D eigenvalue weighted by atomic mass is 9.78. The largest absolute Gasteiger partial charge is 0.491 e. The SMILES string of the molecule is CC(=O)SCC(=Cc1ccc(Br)c(C(=O)O)c1)B1OC(C)(C)C(C)(C)O1. The molecule has 0 spiro atoms. The van der Waals surface area contributed by atoms with E-state index < -0.39 is 24.3 Å². The van der Waals surface area contributed by atoms with Crippen LogP contribution in [-0.4, -0.2) is 40.3 Å². The Hall–Kier alpha value is -1.09. The van der Waals surface area contributed by atoms with Gasteiger partial charge in [0.15, 0.2) is 5.12 Å². The molecule has 1 aliphatic heterocycles. The van der Waals surface area contributed by atoms with Crippen molar-refractivity contribution >= 4 is 52.0 Å². The van der Waals surface area contributed by atoms with Crippen LogP contribution in [0.4, 0.5) is 0 Å². The van der Waals surface area contributed by atoms with Crippen molar-refractivity contribution in [2.45, 2.75) is 45.8 Å². The normalized spacial score (nSPS) is 18.8. The van der Waals surface area contributed by atoms with Crippen LogP contribution < -0.4 is 0 Å². The monoisotopic (exact) mass is 440 g/mol. The number of rotatable bonds is 5. The van der Waals surface area contributed by atoms with Gasteiger partial charge in [-0.1, -0.05) is 23.9 Å². The molecule has 1 fully saturated rings. The fourth-order valence-corrected chi connectivity index (χ4v) is 3.37. The van der Waals surface area contributed by atoms with Crippen molar-refractivity contribution in [1.82, 2.24) is 0 Å². The Morgan fingerprint density at radius 2 is 1.81 bits per heavy atom. The van der Waals surface area contributed by atoms with E-state index >= 15 is 0 Å². The van der Waals surface area contributed by atoms with Gasteiger partial charge in [-0.25, -0.2) is 4.79 Å². The Morgan fingerprint density at radius 1 is 1.23 bits per heavy atom. The molecule has 0 bridgehead atoms. The minimum Gasteiger partial charge on any atom is -0.478 e. The molecule has 2 rings (SSSR count). The maximum absolute atomic E-state index is 11.4. The van der Waals surface area contributed by atoms with Gasteiger partial charge in [0.1, 0.15) is 0 Å². The van der Waals surface area contributed by atoms with Gasteiger partial charge in [0, 0.05) is 17.1 Å². The number of carboxylic acid groups (broad SMARTS) is 1. The van der Waals surface area contributed by atoms with Crippen LogP contribution in [0, 0.1) is 0 Å². The molecule has 0 atom stereocenters. The summed E-state index contributed by atoms with van der Waals surface area (Å²) in [5, 5.41) is 9.30. The zero-order valence-electron chi connectivity index (χ0n) is 15.5. The minimum absolute atomic E-state index is 0.00514. The van der Waals surface area contributed by atoms with Crippen molar-refractivity contribution in [3.05, 3.63) is 39.3 Å². The second kappa shape index (κ2) is 7.88. The number of hydrogen-bond donors (Lipinski definition) is 1. The van der Waals surface area contributed by atoms with Gasteiger partial charge in [0.2, 0.25) is 0 Å². The van der Waals surface area contributed by atoms with Crippen LogP contribution >= 0.6 is 27.7 Å². The molecule has 0 aliphatic carbocycles. The molecule has 0 unspecified atom stereocenters. The zero-order chi connectivity index (χ0) is 19.7. The first-order chi connectivity index (χ1) is 11.9. The quantitative estimate of drug-likeness (QED) is 0.682. The average Bonchev–Trinajstić information content (AvgIpc) is 2.72. The van der Waals surface area contributed by atoms with Gasteiger partial charge in [-0.05, 0) is 66.8 Å². The Bertz CT molecular complexity index is 744. The Kier molecular flexibility index (Phi) is 6.43. The van der Waals surface area contributed by atoms with E-state index in [-0.39, 0.29) is 10.7 Å². The van der Waals surface area contributed by atoms with Crippen LogP contribution in [0.15, 0.2) is 28.1 Å². The van der Waals surface area contributed by atoms with Gasteiger partial charge < -0.3 is 14.4 Å². The standard InChI is InChI=1S/C18H22BBrO5S/c1-11(21)26-10-13(19-24-17(2,3)18(4,5)25-19)8-12-6-7-15(20)14(9-12)16(22)23/h6-9H,10H2,1-5H3,(H,22,23). The van der Waals surface area contributed by atoms with Crippen molar-refractivity contribution in [3.8, 4) is 0 Å². The Balaban J connectivity index is 2.39. The number of halogens is 1. The first-order valence-electron chi connectivity index (χ1n) is 8.15. The molecule has 5 nitrogen and oxygen atoms in total. The molecule has 1 aromatic rings. The van der Waals surface area contributed by atoms with E-state index in [4.69, 9.17) is 9.31 Å². The highest BCUT2D eigenvalue weighted by molar-refractivity contribution is 9.10. The lowest BCUT2D eigenvalue weighted by Gasteiger charge is -2.32. The van der Waals surface area contributed by atoms with Gasteiger partial charge in [-0.3, -0.25) is 4.79 Å². The van der Waals surface area contributed by atoms with E-state index in [0.29, 0.717) is 15.8 Å². The van der Waals surface area contributed by atoms with Crippen molar-refractivity contribution in [2.75, 3.05) is 5.75 Å². The second-order valence-electron chi connectivity index (χ2n) is 7.13. The van der Waals surface area contributed by atoms with Gasteiger partial charge in [0.05, 0.1) is 16.8 Å². The summed E-state index contributed by atoms with van der Waals surface area (Å²) < 4.78 is 12.7. The summed E-state index contributed by atoms with van der Waals surface area (Å²) in [4.78, 5) is 22.8. The van der Waals surface area contributed by atoms with Gasteiger partial charge in [0.25, 0.3) is 0 Å². The number of hydrogen-bond acceptors (Lipinski definition) is 5. The second-order valence-corrected chi connectivity index (χ2v) is 9.14. The van der Waals surface area contributed by atoms with Crippen LogP contribution in [-0.2, 0) is 14.1 Å². The molecular weight excluding hydrogens is 419 g/mol. The maximum atomic E-state index is 11.4. The molecule has 1 aromatic carbocycles. The molecule has 1 N–H and O–H groups in total. The van der Waals surface area contributed by atoms with E-state index in [1.54, 1.807) is 18.2 Å². The first-order valence-corrected chi connectivity index (χ1v) is 9.93. The van der Waals surface area contributed by atoms with E-state index in [9.17, 15) is 14.7 Å². The summed E-state index contributed by atoms with van der Waals surface area (Å²) in [5.41, 5.74) is 0.668. The topological polar surface area (TPSA) is 72.8 Å². The summed E-state index contributed by atoms with van der Waals surface area (Å²) in [6.07, 6.45) is 1.83. The predicted octanol–water partition coefficient (Wildman–Crippen LogP) is 4.44. The number of carbonyl (C=O) groups excluding carboxylic acids is 1. The molecule has 0 aromatic heterocycles. The van der Waals surface area contributed by atoms with Gasteiger partial charge in [-0.15, -0.1) is 0 Å². The van der Waals surface area contributed by atoms with Crippen molar-refractivity contribution < 1.29 is 24.0 Å². The van der Waals surface area contributed by atoms with Crippen LogP contribution in [0.3, 0.4) is 0 Å². The maximum Gasteiger partial charge on any atom is 0.491 e. The molecule has 1 heterocycles. The summed E-state index contributed by atoms with van der Waals surface area (Å²) >= 11 is 4.41. The summed E-state index contributed by atoms with van der Waals surface area (Å²) in [7, 11) is -0.594. The highest BCUT2D eigenvalue weighted by Gasteiger charge is 2.52. The molecule has 1 aliphatic rings. The lowest BCUT2D eigenvalue weighted by Crippen LogP contribution is -2.41. The third-order valence-electron chi connectivity index (χ3n) is 4.57. The molecule has 1 saturated heterocycles. The Labute approximate surface area is 166 Å². The van der Waals surface area contributed by atoms with Crippen molar-refractivity contribution in [1.29, 1.82) is 0 Å². The number of thioether (sulfide) groups is 1. The fourth-order valence-electron chi connectivity index (χ4n) is 2.37. The molecule has 0 radical (unpaired) electrons.